The van der Waals surface area contributed by atoms with E-state index < -0.39 is 0 Å². The van der Waals surface area contributed by atoms with Gasteiger partial charge in [0.15, 0.2) is 0 Å². The summed E-state index contributed by atoms with van der Waals surface area (Å²) in [5, 5.41) is 0. The van der Waals surface area contributed by atoms with Gasteiger partial charge in [-0.2, -0.15) is 0 Å². The van der Waals surface area contributed by atoms with Gasteiger partial charge in [-0.3, -0.25) is 4.79 Å². The van der Waals surface area contributed by atoms with E-state index >= 15 is 0 Å². The summed E-state index contributed by atoms with van der Waals surface area (Å²) < 4.78 is 11.2. The lowest BCUT2D eigenvalue weighted by atomic mass is 9.75. The maximum Gasteiger partial charge on any atom is 0.314 e. The molecule has 0 radical (unpaired) electrons. The van der Waals surface area contributed by atoms with E-state index in [-0.39, 0.29) is 11.9 Å². The van der Waals surface area contributed by atoms with Crippen LogP contribution in [-0.4, -0.2) is 17.6 Å². The minimum absolute atomic E-state index is 0.0412. The van der Waals surface area contributed by atoms with E-state index in [0.29, 0.717) is 18.2 Å². The van der Waals surface area contributed by atoms with Crippen LogP contribution in [0.4, 0.5) is 0 Å². The smallest absolute Gasteiger partial charge is 0.314 e. The first-order valence-corrected chi connectivity index (χ1v) is 15.0. The van der Waals surface area contributed by atoms with Crippen molar-refractivity contribution in [3.63, 3.8) is 0 Å². The number of pyridine rings is 1. The molecule has 35 heavy (non-hydrogen) atoms. The zero-order valence-corrected chi connectivity index (χ0v) is 22.6. The Morgan fingerprint density at radius 2 is 1.37 bits per heavy atom. The summed E-state index contributed by atoms with van der Waals surface area (Å²) in [4.78, 5) is 16.9. The Morgan fingerprint density at radius 1 is 0.771 bits per heavy atom. The lowest BCUT2D eigenvalue weighted by Gasteiger charge is -2.31. The summed E-state index contributed by atoms with van der Waals surface area (Å²) in [6.45, 7) is 5.10. The Labute approximate surface area is 215 Å². The van der Waals surface area contributed by atoms with Crippen molar-refractivity contribution in [1.82, 2.24) is 4.98 Å². The number of carbonyl (C=O) groups excluding carboxylic acids is 1. The third-order valence-corrected chi connectivity index (χ3v) is 8.52. The number of rotatable bonds is 15. The van der Waals surface area contributed by atoms with Crippen molar-refractivity contribution in [3.8, 4) is 11.6 Å². The Morgan fingerprint density at radius 3 is 1.97 bits per heavy atom. The summed E-state index contributed by atoms with van der Waals surface area (Å²) in [6, 6.07) is 3.58. The zero-order chi connectivity index (χ0) is 24.7. The monoisotopic (exact) mass is 485 g/mol. The van der Waals surface area contributed by atoms with E-state index in [1.165, 1.54) is 89.9 Å². The maximum atomic E-state index is 12.7. The van der Waals surface area contributed by atoms with Gasteiger partial charge in [0.2, 0.25) is 5.88 Å². The van der Waals surface area contributed by atoms with Crippen molar-refractivity contribution in [2.75, 3.05) is 6.61 Å². The molecule has 3 rings (SSSR count). The molecular weight excluding hydrogens is 434 g/mol. The molecule has 2 fully saturated rings. The van der Waals surface area contributed by atoms with Crippen molar-refractivity contribution in [3.05, 3.63) is 18.3 Å². The van der Waals surface area contributed by atoms with E-state index in [4.69, 9.17) is 9.47 Å². The van der Waals surface area contributed by atoms with Crippen molar-refractivity contribution >= 4 is 5.97 Å². The normalized spacial score (nSPS) is 24.7. The van der Waals surface area contributed by atoms with Crippen LogP contribution >= 0.6 is 0 Å². The molecule has 4 heteroatoms. The number of carbonyl (C=O) groups is 1. The van der Waals surface area contributed by atoms with Crippen molar-refractivity contribution in [1.29, 1.82) is 0 Å². The predicted octanol–water partition coefficient (Wildman–Crippen LogP) is 8.92. The number of hydrogen-bond donors (Lipinski definition) is 0. The highest BCUT2D eigenvalue weighted by Crippen LogP contribution is 2.38. The average molecular weight is 486 g/mol. The topological polar surface area (TPSA) is 48.4 Å². The highest BCUT2D eigenvalue weighted by molar-refractivity contribution is 5.75. The Bertz CT molecular complexity index is 688. The van der Waals surface area contributed by atoms with Crippen molar-refractivity contribution in [2.24, 2.45) is 23.7 Å². The Balaban J connectivity index is 1.25. The van der Waals surface area contributed by atoms with Gasteiger partial charge in [0.05, 0.1) is 18.7 Å². The molecule has 0 aliphatic heterocycles. The number of esters is 1. The Hall–Kier alpha value is -1.58. The van der Waals surface area contributed by atoms with Crippen molar-refractivity contribution < 1.29 is 14.3 Å². The molecule has 2 aliphatic carbocycles. The molecule has 1 aromatic heterocycles. The third kappa shape index (κ3) is 10.5. The second kappa shape index (κ2) is 16.2. The Kier molecular flexibility index (Phi) is 13.0. The average Bonchev–Trinajstić information content (AvgIpc) is 2.89. The summed E-state index contributed by atoms with van der Waals surface area (Å²) in [6.07, 6.45) is 25.2. The van der Waals surface area contributed by atoms with E-state index in [0.717, 1.165) is 43.4 Å². The highest BCUT2D eigenvalue weighted by Gasteiger charge is 2.29. The molecule has 0 atom stereocenters. The fraction of sp³-hybridized carbons (Fsp3) is 0.806. The summed E-state index contributed by atoms with van der Waals surface area (Å²) in [5.41, 5.74) is 0. The molecule has 4 nitrogen and oxygen atoms in total. The third-order valence-electron chi connectivity index (χ3n) is 8.52. The molecule has 198 valence electrons. The number of ether oxygens (including phenoxy) is 2. The van der Waals surface area contributed by atoms with Crippen LogP contribution in [0, 0.1) is 23.7 Å². The van der Waals surface area contributed by atoms with Crippen LogP contribution in [0.3, 0.4) is 0 Å². The number of hydrogen-bond acceptors (Lipinski definition) is 4. The molecule has 0 aromatic carbocycles. The standard InChI is InChI=1S/C31H51NO3/c1-3-5-7-8-9-10-25-11-13-26(14-12-25)15-16-27-17-19-28(20-18-27)31(33)35-29-21-22-30(32-24-29)34-23-6-4-2/h21-22,24-28H,3-20,23H2,1-2H3/t25-,26-,27-,28-. The van der Waals surface area contributed by atoms with Gasteiger partial charge in [0.1, 0.15) is 5.75 Å². The molecule has 0 saturated heterocycles. The van der Waals surface area contributed by atoms with Crippen LogP contribution < -0.4 is 9.47 Å². The number of nitrogens with zero attached hydrogens (tertiary/aromatic N) is 1. The van der Waals surface area contributed by atoms with Gasteiger partial charge in [-0.05, 0) is 55.9 Å². The molecule has 1 heterocycles. The first-order chi connectivity index (χ1) is 17.2. The number of aromatic nitrogens is 1. The van der Waals surface area contributed by atoms with Crippen LogP contribution in [0.15, 0.2) is 18.3 Å². The largest absolute Gasteiger partial charge is 0.478 e. The van der Waals surface area contributed by atoms with Gasteiger partial charge in [0, 0.05) is 6.07 Å². The van der Waals surface area contributed by atoms with Gasteiger partial charge < -0.3 is 9.47 Å². The van der Waals surface area contributed by atoms with Crippen LogP contribution in [-0.2, 0) is 4.79 Å². The molecule has 0 spiro atoms. The number of unbranched alkanes of at least 4 members (excludes halogenated alkanes) is 5. The lowest BCUT2D eigenvalue weighted by Crippen LogP contribution is -2.26. The fourth-order valence-electron chi connectivity index (χ4n) is 6.04. The van der Waals surface area contributed by atoms with Crippen molar-refractivity contribution in [2.45, 2.75) is 129 Å². The minimum Gasteiger partial charge on any atom is -0.478 e. The van der Waals surface area contributed by atoms with E-state index in [2.05, 4.69) is 18.8 Å². The molecule has 0 N–H and O–H groups in total. The molecule has 0 amide bonds. The molecule has 0 unspecified atom stereocenters. The zero-order valence-electron chi connectivity index (χ0n) is 22.6. The highest BCUT2D eigenvalue weighted by atomic mass is 16.5. The van der Waals surface area contributed by atoms with Gasteiger partial charge in [-0.15, -0.1) is 0 Å². The molecule has 0 bridgehead atoms. The lowest BCUT2D eigenvalue weighted by molar-refractivity contribution is -0.140. The first kappa shape index (κ1) is 28.0. The summed E-state index contributed by atoms with van der Waals surface area (Å²) in [5.74, 6) is 3.84. The van der Waals surface area contributed by atoms with Gasteiger partial charge >= 0.3 is 5.97 Å². The van der Waals surface area contributed by atoms with E-state index in [1.807, 2.05) is 0 Å². The molecular formula is C31H51NO3. The fourth-order valence-corrected chi connectivity index (χ4v) is 6.04. The maximum absolute atomic E-state index is 12.7. The SMILES string of the molecule is CCCCCCC[C@H]1CC[C@H](CC[C@H]2CC[C@H](C(=O)Oc3ccc(OCCCC)nc3)CC2)CC1. The van der Waals surface area contributed by atoms with Crippen LogP contribution in [0.25, 0.3) is 0 Å². The van der Waals surface area contributed by atoms with Gasteiger partial charge in [-0.25, -0.2) is 4.98 Å². The van der Waals surface area contributed by atoms with E-state index in [1.54, 1.807) is 18.3 Å². The van der Waals surface area contributed by atoms with Crippen LogP contribution in [0.5, 0.6) is 11.6 Å². The summed E-state index contributed by atoms with van der Waals surface area (Å²) >= 11 is 0. The van der Waals surface area contributed by atoms with Gasteiger partial charge in [-0.1, -0.05) is 97.3 Å². The molecule has 1 aromatic rings. The van der Waals surface area contributed by atoms with Gasteiger partial charge in [0.25, 0.3) is 0 Å². The second-order valence-electron chi connectivity index (χ2n) is 11.3. The summed E-state index contributed by atoms with van der Waals surface area (Å²) in [7, 11) is 0. The van der Waals surface area contributed by atoms with Crippen LogP contribution in [0.1, 0.15) is 129 Å². The predicted molar refractivity (Wildman–Crippen MR) is 144 cm³/mol. The first-order valence-electron chi connectivity index (χ1n) is 15.0. The van der Waals surface area contributed by atoms with Crippen LogP contribution in [0.2, 0.25) is 0 Å². The molecule has 2 aliphatic rings. The van der Waals surface area contributed by atoms with E-state index in [9.17, 15) is 4.79 Å². The minimum atomic E-state index is -0.0853. The molecule has 2 saturated carbocycles. The quantitative estimate of drug-likeness (QED) is 0.184. The second-order valence-corrected chi connectivity index (χ2v) is 11.3.